The summed E-state index contributed by atoms with van der Waals surface area (Å²) in [7, 11) is 0. The smallest absolute Gasteiger partial charge is 0.146 e. The summed E-state index contributed by atoms with van der Waals surface area (Å²) in [5.74, 6) is -0.229. The number of hydrogen-bond acceptors (Lipinski definition) is 1. The third-order valence-corrected chi connectivity index (χ3v) is 3.51. The van der Waals surface area contributed by atoms with E-state index < -0.39 is 0 Å². The van der Waals surface area contributed by atoms with Crippen molar-refractivity contribution in [2.45, 2.75) is 6.54 Å². The van der Waals surface area contributed by atoms with Gasteiger partial charge in [-0.25, -0.2) is 4.39 Å². The fourth-order valence-electron chi connectivity index (χ4n) is 2.27. The van der Waals surface area contributed by atoms with E-state index in [1.165, 1.54) is 6.07 Å². The van der Waals surface area contributed by atoms with Crippen LogP contribution in [0.3, 0.4) is 0 Å². The van der Waals surface area contributed by atoms with E-state index >= 15 is 0 Å². The zero-order valence-corrected chi connectivity index (χ0v) is 11.6. The highest BCUT2D eigenvalue weighted by atomic mass is 35.5. The Bertz CT molecular complexity index is 736. The van der Waals surface area contributed by atoms with Gasteiger partial charge in [0.05, 0.1) is 5.69 Å². The van der Waals surface area contributed by atoms with Gasteiger partial charge in [0.1, 0.15) is 5.82 Å². The van der Waals surface area contributed by atoms with Crippen LogP contribution in [-0.2, 0) is 6.54 Å². The monoisotopic (exact) mass is 288 g/mol. The van der Waals surface area contributed by atoms with Crippen LogP contribution in [0.15, 0.2) is 54.7 Å². The molecule has 0 aliphatic rings. The summed E-state index contributed by atoms with van der Waals surface area (Å²) >= 11 is 6.02. The van der Waals surface area contributed by atoms with Gasteiger partial charge < -0.3 is 9.88 Å². The molecule has 20 heavy (non-hydrogen) atoms. The van der Waals surface area contributed by atoms with Crippen LogP contribution < -0.4 is 5.32 Å². The minimum atomic E-state index is -0.229. The Morgan fingerprint density at radius 1 is 1.10 bits per heavy atom. The van der Waals surface area contributed by atoms with Crippen molar-refractivity contribution in [2.24, 2.45) is 0 Å². The number of nitrogens with zero attached hydrogens (tertiary/aromatic N) is 1. The minimum Gasteiger partial charge on any atom is -0.381 e. The predicted molar refractivity (Wildman–Crippen MR) is 81.8 cm³/mol. The van der Waals surface area contributed by atoms with Crippen LogP contribution in [0.4, 0.5) is 10.1 Å². The summed E-state index contributed by atoms with van der Waals surface area (Å²) in [6.45, 7) is 1.40. The van der Waals surface area contributed by atoms with Crippen molar-refractivity contribution in [3.8, 4) is 0 Å². The first-order valence-electron chi connectivity index (χ1n) is 6.47. The third kappa shape index (κ3) is 2.63. The van der Waals surface area contributed by atoms with Gasteiger partial charge in [0, 0.05) is 29.8 Å². The number of nitrogens with one attached hydrogen (secondary N) is 1. The maximum Gasteiger partial charge on any atom is 0.146 e. The van der Waals surface area contributed by atoms with E-state index in [1.54, 1.807) is 12.1 Å². The Labute approximate surface area is 121 Å². The molecule has 3 aromatic rings. The van der Waals surface area contributed by atoms with Gasteiger partial charge >= 0.3 is 0 Å². The maximum absolute atomic E-state index is 13.5. The van der Waals surface area contributed by atoms with Crippen molar-refractivity contribution in [3.63, 3.8) is 0 Å². The van der Waals surface area contributed by atoms with Crippen molar-refractivity contribution in [2.75, 3.05) is 11.9 Å². The molecule has 102 valence electrons. The summed E-state index contributed by atoms with van der Waals surface area (Å²) in [6, 6.07) is 14.6. The third-order valence-electron chi connectivity index (χ3n) is 3.28. The number of hydrogen-bond donors (Lipinski definition) is 1. The number of fused-ring (bicyclic) bond motifs is 1. The zero-order chi connectivity index (χ0) is 13.9. The SMILES string of the molecule is Fc1ccccc1NCCn1ccc2ccc(Cl)cc21. The highest BCUT2D eigenvalue weighted by molar-refractivity contribution is 6.31. The van der Waals surface area contributed by atoms with Crippen molar-refractivity contribution < 1.29 is 4.39 Å². The molecule has 0 radical (unpaired) electrons. The average molecular weight is 289 g/mol. The molecule has 4 heteroatoms. The summed E-state index contributed by atoms with van der Waals surface area (Å²) in [6.07, 6.45) is 2.02. The Morgan fingerprint density at radius 3 is 2.80 bits per heavy atom. The lowest BCUT2D eigenvalue weighted by atomic mass is 10.2. The minimum absolute atomic E-state index is 0.229. The first-order chi connectivity index (χ1) is 9.74. The second-order valence-electron chi connectivity index (χ2n) is 4.62. The molecule has 1 N–H and O–H groups in total. The van der Waals surface area contributed by atoms with Crippen molar-refractivity contribution in [1.29, 1.82) is 0 Å². The molecule has 0 amide bonds. The van der Waals surface area contributed by atoms with Gasteiger partial charge in [0.15, 0.2) is 0 Å². The van der Waals surface area contributed by atoms with Crippen LogP contribution in [-0.4, -0.2) is 11.1 Å². The average Bonchev–Trinajstić information content (AvgIpc) is 2.83. The van der Waals surface area contributed by atoms with Crippen molar-refractivity contribution >= 4 is 28.2 Å². The lowest BCUT2D eigenvalue weighted by Crippen LogP contribution is -2.10. The molecule has 2 nitrogen and oxygen atoms in total. The number of rotatable bonds is 4. The Balaban J connectivity index is 1.71. The van der Waals surface area contributed by atoms with E-state index in [4.69, 9.17) is 11.6 Å². The number of anilines is 1. The van der Waals surface area contributed by atoms with Crippen LogP contribution >= 0.6 is 11.6 Å². The topological polar surface area (TPSA) is 17.0 Å². The van der Waals surface area contributed by atoms with Gasteiger partial charge in [-0.05, 0) is 35.7 Å². The molecule has 0 spiro atoms. The molecular formula is C16H14ClFN2. The molecule has 0 fully saturated rings. The van der Waals surface area contributed by atoms with E-state index in [0.717, 1.165) is 22.5 Å². The van der Waals surface area contributed by atoms with Gasteiger partial charge in [-0.3, -0.25) is 0 Å². The number of benzene rings is 2. The second kappa shape index (κ2) is 5.55. The molecule has 1 heterocycles. The zero-order valence-electron chi connectivity index (χ0n) is 10.8. The molecule has 2 aromatic carbocycles. The van der Waals surface area contributed by atoms with E-state index in [0.29, 0.717) is 12.2 Å². The van der Waals surface area contributed by atoms with Crippen LogP contribution in [0, 0.1) is 5.82 Å². The fraction of sp³-hybridized carbons (Fsp3) is 0.125. The van der Waals surface area contributed by atoms with Gasteiger partial charge in [-0.2, -0.15) is 0 Å². The Morgan fingerprint density at radius 2 is 1.95 bits per heavy atom. The maximum atomic E-state index is 13.5. The van der Waals surface area contributed by atoms with Crippen molar-refractivity contribution in [3.05, 3.63) is 65.6 Å². The standard InChI is InChI=1S/C16H14ClFN2/c17-13-6-5-12-7-9-20(16(12)11-13)10-8-19-15-4-2-1-3-14(15)18/h1-7,9,11,19H,8,10H2. The van der Waals surface area contributed by atoms with Crippen LogP contribution in [0.2, 0.25) is 5.02 Å². The van der Waals surface area contributed by atoms with Crippen molar-refractivity contribution in [1.82, 2.24) is 4.57 Å². The van der Waals surface area contributed by atoms with Gasteiger partial charge in [0.25, 0.3) is 0 Å². The first-order valence-corrected chi connectivity index (χ1v) is 6.84. The summed E-state index contributed by atoms with van der Waals surface area (Å²) < 4.78 is 15.6. The highest BCUT2D eigenvalue weighted by Gasteiger charge is 2.03. The molecule has 0 saturated carbocycles. The molecule has 0 atom stereocenters. The largest absolute Gasteiger partial charge is 0.381 e. The predicted octanol–water partition coefficient (Wildman–Crippen LogP) is 4.55. The summed E-state index contributed by atoms with van der Waals surface area (Å²) in [5.41, 5.74) is 1.62. The van der Waals surface area contributed by atoms with E-state index in [2.05, 4.69) is 16.0 Å². The number of para-hydroxylation sites is 1. The van der Waals surface area contributed by atoms with E-state index in [-0.39, 0.29) is 5.82 Å². The second-order valence-corrected chi connectivity index (χ2v) is 5.06. The number of halogens is 2. The van der Waals surface area contributed by atoms with Crippen LogP contribution in [0.5, 0.6) is 0 Å². The summed E-state index contributed by atoms with van der Waals surface area (Å²) in [4.78, 5) is 0. The fourth-order valence-corrected chi connectivity index (χ4v) is 2.43. The Hall–Kier alpha value is -2.00. The molecule has 0 unspecified atom stereocenters. The highest BCUT2D eigenvalue weighted by Crippen LogP contribution is 2.20. The quantitative estimate of drug-likeness (QED) is 0.745. The molecule has 3 rings (SSSR count). The lowest BCUT2D eigenvalue weighted by Gasteiger charge is -2.09. The molecular weight excluding hydrogens is 275 g/mol. The van der Waals surface area contributed by atoms with E-state index in [1.807, 2.05) is 30.5 Å². The van der Waals surface area contributed by atoms with Crippen LogP contribution in [0.25, 0.3) is 10.9 Å². The molecule has 0 aliphatic heterocycles. The summed E-state index contributed by atoms with van der Waals surface area (Å²) in [5, 5.41) is 4.98. The lowest BCUT2D eigenvalue weighted by molar-refractivity contribution is 0.628. The first kappa shape index (κ1) is 13.0. The van der Waals surface area contributed by atoms with E-state index in [9.17, 15) is 4.39 Å². The number of aromatic nitrogens is 1. The van der Waals surface area contributed by atoms with Crippen LogP contribution in [0.1, 0.15) is 0 Å². The van der Waals surface area contributed by atoms with Gasteiger partial charge in [-0.1, -0.05) is 29.8 Å². The molecule has 0 bridgehead atoms. The Kier molecular flexibility index (Phi) is 3.61. The molecule has 0 saturated heterocycles. The molecule has 0 aliphatic carbocycles. The van der Waals surface area contributed by atoms with Gasteiger partial charge in [-0.15, -0.1) is 0 Å². The molecule has 1 aromatic heterocycles. The van der Waals surface area contributed by atoms with Gasteiger partial charge in [0.2, 0.25) is 0 Å². The normalized spacial score (nSPS) is 10.9.